The Morgan fingerprint density at radius 2 is 1.81 bits per heavy atom. The Labute approximate surface area is 155 Å². The Bertz CT molecular complexity index is 1040. The van der Waals surface area contributed by atoms with E-state index in [-0.39, 0.29) is 18.4 Å². The molecule has 0 bridgehead atoms. The summed E-state index contributed by atoms with van der Waals surface area (Å²) in [6, 6.07) is 13.9. The van der Waals surface area contributed by atoms with Crippen molar-refractivity contribution < 1.29 is 23.9 Å². The van der Waals surface area contributed by atoms with Gasteiger partial charge in [-0.15, -0.1) is 0 Å². The van der Waals surface area contributed by atoms with Gasteiger partial charge in [-0.05, 0) is 23.3 Å². The molecule has 0 radical (unpaired) electrons. The molecule has 0 aromatic heterocycles. The number of hydrogen-bond donors (Lipinski definition) is 1. The summed E-state index contributed by atoms with van der Waals surface area (Å²) in [7, 11) is 0. The molecule has 2 heterocycles. The predicted molar refractivity (Wildman–Crippen MR) is 94.9 cm³/mol. The maximum absolute atomic E-state index is 12.2. The third-order valence-corrected chi connectivity index (χ3v) is 5.95. The zero-order valence-electron chi connectivity index (χ0n) is 14.6. The molecular weight excluding hydrogens is 346 g/mol. The molecule has 136 valence electrons. The monoisotopic (exact) mass is 363 g/mol. The van der Waals surface area contributed by atoms with E-state index in [9.17, 15) is 14.4 Å². The van der Waals surface area contributed by atoms with Gasteiger partial charge in [0.15, 0.2) is 0 Å². The molecule has 1 saturated heterocycles. The highest BCUT2D eigenvalue weighted by molar-refractivity contribution is 6.08. The summed E-state index contributed by atoms with van der Waals surface area (Å²) in [5, 5.41) is 4.51. The summed E-state index contributed by atoms with van der Waals surface area (Å²) in [6.45, 7) is 1.96. The van der Waals surface area contributed by atoms with Crippen LogP contribution in [0.5, 0.6) is 0 Å². The van der Waals surface area contributed by atoms with Crippen molar-refractivity contribution in [3.05, 3.63) is 59.9 Å². The van der Waals surface area contributed by atoms with E-state index in [1.54, 1.807) is 6.92 Å². The van der Waals surface area contributed by atoms with E-state index in [4.69, 9.17) is 9.47 Å². The maximum Gasteiger partial charge on any atom is 0.334 e. The summed E-state index contributed by atoms with van der Waals surface area (Å²) in [5.41, 5.74) is -0.0571. The maximum atomic E-state index is 12.2. The second kappa shape index (κ2) is 5.42. The van der Waals surface area contributed by atoms with Crippen LogP contribution in [0.1, 0.15) is 12.5 Å². The molecule has 3 aliphatic rings. The molecule has 1 N–H and O–H groups in total. The van der Waals surface area contributed by atoms with Crippen LogP contribution in [0.3, 0.4) is 0 Å². The Morgan fingerprint density at radius 1 is 1.04 bits per heavy atom. The molecule has 6 heteroatoms. The van der Waals surface area contributed by atoms with Crippen molar-refractivity contribution in [2.24, 2.45) is 17.8 Å². The Kier molecular flexibility index (Phi) is 3.22. The second-order valence-corrected chi connectivity index (χ2v) is 7.41. The van der Waals surface area contributed by atoms with Gasteiger partial charge in [-0.25, -0.2) is 4.79 Å². The first-order valence-electron chi connectivity index (χ1n) is 8.88. The summed E-state index contributed by atoms with van der Waals surface area (Å²) in [5.74, 6) is -2.49. The van der Waals surface area contributed by atoms with Gasteiger partial charge in [0.2, 0.25) is 11.8 Å². The molecule has 2 fully saturated rings. The molecule has 2 amide bonds. The van der Waals surface area contributed by atoms with E-state index in [0.717, 1.165) is 16.3 Å². The average Bonchev–Trinajstić information content (AvgIpc) is 2.90. The fourth-order valence-corrected chi connectivity index (χ4v) is 4.74. The Balaban J connectivity index is 1.45. The standard InChI is InChI=1S/C21H17NO5/c1-21-17(16-18(21)20(25)22-19(16)24)14(9-15(23)27-21)26-10-12-7-4-6-11-5-2-3-8-13(11)12/h2-9,16-18H,10H2,1H3,(H,22,24,25)/t16-,17+,18+,21+/m1/s1. The first kappa shape index (κ1) is 16.1. The van der Waals surface area contributed by atoms with E-state index < -0.39 is 29.3 Å². The molecule has 5 rings (SSSR count). The number of nitrogens with one attached hydrogen (secondary N) is 1. The van der Waals surface area contributed by atoms with Crippen LogP contribution in [0, 0.1) is 17.8 Å². The first-order chi connectivity index (χ1) is 13.0. The van der Waals surface area contributed by atoms with Crippen LogP contribution in [0.4, 0.5) is 0 Å². The zero-order chi connectivity index (χ0) is 18.8. The number of esters is 1. The molecule has 27 heavy (non-hydrogen) atoms. The van der Waals surface area contributed by atoms with Crippen LogP contribution >= 0.6 is 0 Å². The summed E-state index contributed by atoms with van der Waals surface area (Å²) >= 11 is 0. The van der Waals surface area contributed by atoms with Crippen LogP contribution in [-0.2, 0) is 30.5 Å². The van der Waals surface area contributed by atoms with Crippen molar-refractivity contribution in [3.63, 3.8) is 0 Å². The van der Waals surface area contributed by atoms with E-state index in [1.165, 1.54) is 6.08 Å². The third kappa shape index (κ3) is 2.16. The van der Waals surface area contributed by atoms with Gasteiger partial charge in [-0.1, -0.05) is 42.5 Å². The van der Waals surface area contributed by atoms with Gasteiger partial charge >= 0.3 is 5.97 Å². The lowest BCUT2D eigenvalue weighted by atomic mass is 9.53. The van der Waals surface area contributed by atoms with E-state index in [2.05, 4.69) is 5.32 Å². The molecule has 2 aromatic rings. The number of carbonyl (C=O) groups is 3. The molecule has 4 atom stereocenters. The number of rotatable bonds is 3. The minimum Gasteiger partial charge on any atom is -0.492 e. The van der Waals surface area contributed by atoms with Crippen molar-refractivity contribution in [2.45, 2.75) is 19.1 Å². The molecule has 2 aromatic carbocycles. The third-order valence-electron chi connectivity index (χ3n) is 5.95. The first-order valence-corrected chi connectivity index (χ1v) is 8.88. The summed E-state index contributed by atoms with van der Waals surface area (Å²) in [4.78, 5) is 36.3. The van der Waals surface area contributed by atoms with Crippen molar-refractivity contribution >= 4 is 28.6 Å². The number of fused-ring (bicyclic) bond motifs is 5. The van der Waals surface area contributed by atoms with Crippen LogP contribution in [0.25, 0.3) is 10.8 Å². The number of amides is 2. The van der Waals surface area contributed by atoms with E-state index in [1.807, 2.05) is 42.5 Å². The molecule has 2 aliphatic heterocycles. The quantitative estimate of drug-likeness (QED) is 0.667. The minimum atomic E-state index is -1.04. The van der Waals surface area contributed by atoms with Gasteiger partial charge < -0.3 is 9.47 Å². The molecular formula is C21H17NO5. The fraction of sp³-hybridized carbons (Fsp3) is 0.286. The molecule has 1 saturated carbocycles. The van der Waals surface area contributed by atoms with Crippen LogP contribution in [0.2, 0.25) is 0 Å². The van der Waals surface area contributed by atoms with Crippen molar-refractivity contribution in [3.8, 4) is 0 Å². The lowest BCUT2D eigenvalue weighted by Crippen LogP contribution is -2.66. The van der Waals surface area contributed by atoms with Gasteiger partial charge in [-0.3, -0.25) is 14.9 Å². The molecule has 1 aliphatic carbocycles. The van der Waals surface area contributed by atoms with Gasteiger partial charge in [0.25, 0.3) is 0 Å². The average molecular weight is 363 g/mol. The van der Waals surface area contributed by atoms with E-state index >= 15 is 0 Å². The SMILES string of the molecule is C[C@]12OC(=O)C=C(OCc3cccc4ccccc34)[C@H]1[C@H]1C(=O)NC(=O)[C@H]12. The van der Waals surface area contributed by atoms with Crippen LogP contribution < -0.4 is 5.32 Å². The van der Waals surface area contributed by atoms with Gasteiger partial charge in [0, 0.05) is 0 Å². The van der Waals surface area contributed by atoms with Crippen LogP contribution in [-0.4, -0.2) is 23.4 Å². The normalized spacial score (nSPS) is 31.4. The summed E-state index contributed by atoms with van der Waals surface area (Å²) in [6.07, 6.45) is 1.30. The smallest absolute Gasteiger partial charge is 0.334 e. The highest BCUT2D eigenvalue weighted by atomic mass is 16.6. The Morgan fingerprint density at radius 3 is 2.67 bits per heavy atom. The largest absolute Gasteiger partial charge is 0.492 e. The van der Waals surface area contributed by atoms with E-state index in [0.29, 0.717) is 5.76 Å². The number of benzene rings is 2. The fourth-order valence-electron chi connectivity index (χ4n) is 4.74. The zero-order valence-corrected chi connectivity index (χ0v) is 14.6. The predicted octanol–water partition coefficient (Wildman–Crippen LogP) is 2.07. The highest BCUT2D eigenvalue weighted by Crippen LogP contribution is 2.59. The number of carbonyl (C=O) groups excluding carboxylic acids is 3. The number of ether oxygens (including phenoxy) is 2. The second-order valence-electron chi connectivity index (χ2n) is 7.41. The number of hydrogen-bond acceptors (Lipinski definition) is 5. The summed E-state index contributed by atoms with van der Waals surface area (Å²) < 4.78 is 11.5. The molecule has 0 spiro atoms. The van der Waals surface area contributed by atoms with Crippen LogP contribution in [0.15, 0.2) is 54.3 Å². The minimum absolute atomic E-state index is 0.264. The topological polar surface area (TPSA) is 81.7 Å². The lowest BCUT2D eigenvalue weighted by molar-refractivity contribution is -0.212. The highest BCUT2D eigenvalue weighted by Gasteiger charge is 2.73. The van der Waals surface area contributed by atoms with Crippen molar-refractivity contribution in [1.29, 1.82) is 0 Å². The van der Waals surface area contributed by atoms with Gasteiger partial charge in [-0.2, -0.15) is 0 Å². The van der Waals surface area contributed by atoms with Gasteiger partial charge in [0.05, 0.1) is 23.8 Å². The molecule has 6 nitrogen and oxygen atoms in total. The lowest BCUT2D eigenvalue weighted by Gasteiger charge is -2.54. The van der Waals surface area contributed by atoms with Crippen molar-refractivity contribution in [2.75, 3.05) is 0 Å². The molecule has 0 unspecified atom stereocenters. The Hall–Kier alpha value is -3.15. The number of imide groups is 1. The van der Waals surface area contributed by atoms with Crippen molar-refractivity contribution in [1.82, 2.24) is 5.32 Å². The van der Waals surface area contributed by atoms with Gasteiger partial charge in [0.1, 0.15) is 18.0 Å².